The lowest BCUT2D eigenvalue weighted by Crippen LogP contribution is -2.44. The maximum absolute atomic E-state index is 13.2. The van der Waals surface area contributed by atoms with Crippen molar-refractivity contribution in [1.82, 2.24) is 10.2 Å². The lowest BCUT2D eigenvalue weighted by Gasteiger charge is -2.21. The van der Waals surface area contributed by atoms with Crippen molar-refractivity contribution in [2.75, 3.05) is 11.9 Å². The first kappa shape index (κ1) is 20.2. The zero-order chi connectivity index (χ0) is 19.3. The molecule has 4 amide bonds. The number of nitrogens with zero attached hydrogens (tertiary/aromatic N) is 1. The smallest absolute Gasteiger partial charge is 0.324 e. The van der Waals surface area contributed by atoms with Crippen LogP contribution in [0, 0.1) is 5.82 Å². The normalized spacial score (nSPS) is 19.6. The molecular formula is C18H23ClFN3O3. The molecule has 8 heteroatoms. The zero-order valence-corrected chi connectivity index (χ0v) is 15.7. The first-order valence-corrected chi connectivity index (χ1v) is 9.03. The van der Waals surface area contributed by atoms with Crippen LogP contribution in [0.3, 0.4) is 0 Å². The monoisotopic (exact) mass is 383 g/mol. The minimum absolute atomic E-state index is 0.127. The van der Waals surface area contributed by atoms with Crippen molar-refractivity contribution in [2.24, 2.45) is 0 Å². The van der Waals surface area contributed by atoms with Gasteiger partial charge in [0.05, 0.1) is 5.02 Å². The molecule has 0 aromatic heterocycles. The van der Waals surface area contributed by atoms with Gasteiger partial charge in [0.1, 0.15) is 17.9 Å². The molecule has 6 nitrogen and oxygen atoms in total. The molecule has 1 saturated heterocycles. The number of imide groups is 1. The van der Waals surface area contributed by atoms with Crippen LogP contribution in [0.5, 0.6) is 0 Å². The number of nitrogens with one attached hydrogen (secondary N) is 2. The predicted octanol–water partition coefficient (Wildman–Crippen LogP) is 3.70. The summed E-state index contributed by atoms with van der Waals surface area (Å²) in [6.07, 6.45) is 4.50. The standard InChI is InChI=1S/C18H23ClFN3O3/c1-3-4-5-6-9-18(2)16(25)23(17(26)22-18)11-15(24)21-12-7-8-14(20)13(19)10-12/h7-8,10H,3-6,9,11H2,1-2H3,(H,21,24)(H,22,26). The first-order valence-electron chi connectivity index (χ1n) is 8.66. The van der Waals surface area contributed by atoms with Crippen LogP contribution in [0.2, 0.25) is 5.02 Å². The fourth-order valence-corrected chi connectivity index (χ4v) is 3.06. The number of carbonyl (C=O) groups excluding carboxylic acids is 3. The largest absolute Gasteiger partial charge is 0.325 e. The first-order chi connectivity index (χ1) is 12.3. The molecule has 26 heavy (non-hydrogen) atoms. The summed E-state index contributed by atoms with van der Waals surface area (Å²) in [7, 11) is 0. The number of urea groups is 1. The highest BCUT2D eigenvalue weighted by molar-refractivity contribution is 6.31. The van der Waals surface area contributed by atoms with E-state index in [9.17, 15) is 18.8 Å². The van der Waals surface area contributed by atoms with Crippen molar-refractivity contribution in [3.63, 3.8) is 0 Å². The van der Waals surface area contributed by atoms with Gasteiger partial charge in [-0.3, -0.25) is 14.5 Å². The minimum atomic E-state index is -0.982. The highest BCUT2D eigenvalue weighted by Crippen LogP contribution is 2.24. The maximum atomic E-state index is 13.2. The second kappa shape index (κ2) is 8.49. The molecule has 0 radical (unpaired) electrons. The number of carbonyl (C=O) groups is 3. The number of rotatable bonds is 8. The molecule has 0 bridgehead atoms. The Morgan fingerprint density at radius 1 is 1.31 bits per heavy atom. The summed E-state index contributed by atoms with van der Waals surface area (Å²) < 4.78 is 13.2. The van der Waals surface area contributed by atoms with Gasteiger partial charge >= 0.3 is 6.03 Å². The molecule has 1 aliphatic rings. The Morgan fingerprint density at radius 2 is 2.04 bits per heavy atom. The van der Waals surface area contributed by atoms with Gasteiger partial charge in [-0.1, -0.05) is 44.2 Å². The van der Waals surface area contributed by atoms with E-state index in [0.717, 1.165) is 36.6 Å². The summed E-state index contributed by atoms with van der Waals surface area (Å²) in [6, 6.07) is 3.15. The number of anilines is 1. The van der Waals surface area contributed by atoms with Crippen molar-refractivity contribution in [3.05, 3.63) is 29.0 Å². The van der Waals surface area contributed by atoms with E-state index in [1.165, 1.54) is 12.1 Å². The quantitative estimate of drug-likeness (QED) is 0.530. The van der Waals surface area contributed by atoms with Gasteiger partial charge < -0.3 is 10.6 Å². The van der Waals surface area contributed by atoms with Gasteiger partial charge in [0, 0.05) is 5.69 Å². The molecule has 1 aromatic carbocycles. The molecule has 2 N–H and O–H groups in total. The number of amides is 4. The van der Waals surface area contributed by atoms with Crippen LogP contribution in [-0.4, -0.2) is 34.8 Å². The highest BCUT2D eigenvalue weighted by atomic mass is 35.5. The summed E-state index contributed by atoms with van der Waals surface area (Å²) in [5.74, 6) is -1.57. The van der Waals surface area contributed by atoms with Gasteiger partial charge in [-0.2, -0.15) is 0 Å². The van der Waals surface area contributed by atoms with Crippen molar-refractivity contribution < 1.29 is 18.8 Å². The molecule has 1 heterocycles. The average Bonchev–Trinajstić information content (AvgIpc) is 2.79. The maximum Gasteiger partial charge on any atom is 0.325 e. The number of hydrogen-bond acceptors (Lipinski definition) is 3. The molecule has 1 aliphatic heterocycles. The van der Waals surface area contributed by atoms with Crippen LogP contribution in [0.1, 0.15) is 46.0 Å². The molecule has 142 valence electrons. The minimum Gasteiger partial charge on any atom is -0.324 e. The lowest BCUT2D eigenvalue weighted by molar-refractivity contribution is -0.133. The Hall–Kier alpha value is -2.15. The molecule has 0 spiro atoms. The molecule has 0 aliphatic carbocycles. The van der Waals surface area contributed by atoms with Crippen LogP contribution < -0.4 is 10.6 Å². The number of unbranched alkanes of at least 4 members (excludes halogenated alkanes) is 3. The number of benzene rings is 1. The van der Waals surface area contributed by atoms with Crippen molar-refractivity contribution >= 4 is 35.1 Å². The van der Waals surface area contributed by atoms with E-state index in [-0.39, 0.29) is 10.7 Å². The number of hydrogen-bond donors (Lipinski definition) is 2. The van der Waals surface area contributed by atoms with Crippen LogP contribution in [-0.2, 0) is 9.59 Å². The summed E-state index contributed by atoms with van der Waals surface area (Å²) >= 11 is 5.67. The second-order valence-electron chi connectivity index (χ2n) is 6.64. The van der Waals surface area contributed by atoms with Crippen LogP contribution in [0.15, 0.2) is 18.2 Å². The molecule has 1 atom stereocenters. The van der Waals surface area contributed by atoms with E-state index in [2.05, 4.69) is 17.6 Å². The summed E-state index contributed by atoms with van der Waals surface area (Å²) in [6.45, 7) is 3.36. The topological polar surface area (TPSA) is 78.5 Å². The fraction of sp³-hybridized carbons (Fsp3) is 0.500. The van der Waals surface area contributed by atoms with Crippen LogP contribution in [0.4, 0.5) is 14.9 Å². The number of halogens is 2. The molecule has 1 fully saturated rings. The Bertz CT molecular complexity index is 713. The summed E-state index contributed by atoms with van der Waals surface area (Å²) in [5.41, 5.74) is -0.694. The van der Waals surface area contributed by atoms with Gasteiger partial charge in [0.25, 0.3) is 5.91 Å². The molecule has 2 rings (SSSR count). The summed E-state index contributed by atoms with van der Waals surface area (Å²) in [4.78, 5) is 37.7. The Kier molecular flexibility index (Phi) is 6.58. The summed E-state index contributed by atoms with van der Waals surface area (Å²) in [5, 5.41) is 5.05. The lowest BCUT2D eigenvalue weighted by atomic mass is 9.94. The fourth-order valence-electron chi connectivity index (χ4n) is 2.88. The van der Waals surface area contributed by atoms with E-state index >= 15 is 0 Å². The zero-order valence-electron chi connectivity index (χ0n) is 14.9. The molecule has 1 aromatic rings. The van der Waals surface area contributed by atoms with E-state index in [4.69, 9.17) is 11.6 Å². The van der Waals surface area contributed by atoms with E-state index in [1.54, 1.807) is 6.92 Å². The Labute approximate surface area is 157 Å². The highest BCUT2D eigenvalue weighted by Gasteiger charge is 2.47. The van der Waals surface area contributed by atoms with Gasteiger partial charge in [-0.25, -0.2) is 9.18 Å². The van der Waals surface area contributed by atoms with Crippen molar-refractivity contribution in [1.29, 1.82) is 0 Å². The van der Waals surface area contributed by atoms with E-state index in [0.29, 0.717) is 6.42 Å². The van der Waals surface area contributed by atoms with Crippen LogP contribution in [0.25, 0.3) is 0 Å². The molecule has 1 unspecified atom stereocenters. The van der Waals surface area contributed by atoms with Gasteiger partial charge in [0.2, 0.25) is 5.91 Å². The van der Waals surface area contributed by atoms with Crippen molar-refractivity contribution in [2.45, 2.75) is 51.5 Å². The third-order valence-corrected chi connectivity index (χ3v) is 4.67. The van der Waals surface area contributed by atoms with Crippen LogP contribution >= 0.6 is 11.6 Å². The van der Waals surface area contributed by atoms with Gasteiger partial charge in [-0.05, 0) is 31.5 Å². The van der Waals surface area contributed by atoms with Gasteiger partial charge in [0.15, 0.2) is 0 Å². The van der Waals surface area contributed by atoms with E-state index < -0.39 is 35.7 Å². The Morgan fingerprint density at radius 3 is 2.69 bits per heavy atom. The third kappa shape index (κ3) is 4.72. The van der Waals surface area contributed by atoms with E-state index in [1.807, 2.05) is 0 Å². The van der Waals surface area contributed by atoms with Crippen molar-refractivity contribution in [3.8, 4) is 0 Å². The van der Waals surface area contributed by atoms with Gasteiger partial charge in [-0.15, -0.1) is 0 Å². The SMILES string of the molecule is CCCCCCC1(C)NC(=O)N(CC(=O)Nc2ccc(F)c(Cl)c2)C1=O. The second-order valence-corrected chi connectivity index (χ2v) is 7.05. The molecular weight excluding hydrogens is 361 g/mol. The third-order valence-electron chi connectivity index (χ3n) is 4.38. The Balaban J connectivity index is 1.95. The predicted molar refractivity (Wildman–Crippen MR) is 97.4 cm³/mol. The molecule has 0 saturated carbocycles. The average molecular weight is 384 g/mol.